The SMILES string of the molecule is COc1ccc(CNc2nccc(COc3cc(OC)c4nc(NC5CCCC(F)(F)C5)sc4c3)c2Cl)cc1. The molecule has 1 unspecified atom stereocenters. The number of rotatable bonds is 10. The number of halogens is 3. The molecule has 1 fully saturated rings. The third-order valence-electron chi connectivity index (χ3n) is 6.60. The average Bonchev–Trinajstić information content (AvgIpc) is 3.33. The summed E-state index contributed by atoms with van der Waals surface area (Å²) in [5.74, 6) is -0.149. The molecular weight excluding hydrogens is 546 g/mol. The second-order valence-corrected chi connectivity index (χ2v) is 10.8. The Bertz CT molecular complexity index is 1430. The van der Waals surface area contributed by atoms with Gasteiger partial charge in [-0.2, -0.15) is 0 Å². The van der Waals surface area contributed by atoms with Gasteiger partial charge in [0.25, 0.3) is 0 Å². The third kappa shape index (κ3) is 6.62. The predicted molar refractivity (Wildman–Crippen MR) is 151 cm³/mol. The maximum absolute atomic E-state index is 13.8. The maximum Gasteiger partial charge on any atom is 0.250 e. The Hall–Kier alpha value is -3.37. The van der Waals surface area contributed by atoms with Crippen LogP contribution in [0.4, 0.5) is 19.7 Å². The molecule has 7 nitrogen and oxygen atoms in total. The zero-order chi connectivity index (χ0) is 27.4. The molecule has 206 valence electrons. The molecule has 0 amide bonds. The number of benzene rings is 2. The molecule has 4 aromatic rings. The quantitative estimate of drug-likeness (QED) is 0.202. The van der Waals surface area contributed by atoms with Crippen molar-refractivity contribution in [1.82, 2.24) is 9.97 Å². The molecule has 39 heavy (non-hydrogen) atoms. The predicted octanol–water partition coefficient (Wildman–Crippen LogP) is 7.54. The van der Waals surface area contributed by atoms with Gasteiger partial charge in [0.15, 0.2) is 5.13 Å². The standard InChI is InChI=1S/C28H29ClF2N4O3S/c1-36-20-7-5-17(6-8-20)15-33-26-24(29)18(9-11-32-26)16-38-21-12-22(37-2)25-23(13-21)39-27(35-25)34-19-4-3-10-28(30,31)14-19/h5-9,11-13,19H,3-4,10,14-16H2,1-2H3,(H,32,33)(H,34,35). The van der Waals surface area contributed by atoms with E-state index in [4.69, 9.17) is 25.8 Å². The summed E-state index contributed by atoms with van der Waals surface area (Å²) >= 11 is 8.03. The second kappa shape index (κ2) is 11.8. The minimum atomic E-state index is -2.63. The van der Waals surface area contributed by atoms with Crippen LogP contribution in [-0.4, -0.2) is 36.2 Å². The van der Waals surface area contributed by atoms with E-state index in [-0.39, 0.29) is 25.5 Å². The number of aromatic nitrogens is 2. The fourth-order valence-electron chi connectivity index (χ4n) is 4.55. The van der Waals surface area contributed by atoms with E-state index in [0.717, 1.165) is 21.6 Å². The first kappa shape index (κ1) is 27.2. The Balaban J connectivity index is 1.26. The normalized spacial score (nSPS) is 16.6. The van der Waals surface area contributed by atoms with E-state index in [1.165, 1.54) is 11.3 Å². The van der Waals surface area contributed by atoms with Gasteiger partial charge in [-0.05, 0) is 42.7 Å². The molecule has 11 heteroatoms. The first-order valence-electron chi connectivity index (χ1n) is 12.6. The largest absolute Gasteiger partial charge is 0.497 e. The van der Waals surface area contributed by atoms with Crippen LogP contribution in [0.15, 0.2) is 48.7 Å². The van der Waals surface area contributed by atoms with E-state index in [2.05, 4.69) is 20.6 Å². The van der Waals surface area contributed by atoms with Crippen molar-refractivity contribution in [3.05, 3.63) is 64.8 Å². The fraction of sp³-hybridized carbons (Fsp3) is 0.357. The zero-order valence-electron chi connectivity index (χ0n) is 21.6. The van der Waals surface area contributed by atoms with Gasteiger partial charge in [-0.25, -0.2) is 18.7 Å². The first-order chi connectivity index (χ1) is 18.8. The summed E-state index contributed by atoms with van der Waals surface area (Å²) < 4.78 is 45.3. The van der Waals surface area contributed by atoms with E-state index in [1.807, 2.05) is 36.4 Å². The number of methoxy groups -OCH3 is 2. The third-order valence-corrected chi connectivity index (χ3v) is 7.96. The van der Waals surface area contributed by atoms with Crippen molar-refractivity contribution < 1.29 is 23.0 Å². The molecule has 0 spiro atoms. The molecule has 2 N–H and O–H groups in total. The van der Waals surface area contributed by atoms with E-state index in [9.17, 15) is 8.78 Å². The number of fused-ring (bicyclic) bond motifs is 1. The monoisotopic (exact) mass is 574 g/mol. The van der Waals surface area contributed by atoms with Gasteiger partial charge in [0, 0.05) is 43.3 Å². The van der Waals surface area contributed by atoms with Crippen LogP contribution in [-0.2, 0) is 13.2 Å². The summed E-state index contributed by atoms with van der Waals surface area (Å²) in [7, 11) is 3.20. The summed E-state index contributed by atoms with van der Waals surface area (Å²) in [4.78, 5) is 8.97. The summed E-state index contributed by atoms with van der Waals surface area (Å²) in [5.41, 5.74) is 2.49. The summed E-state index contributed by atoms with van der Waals surface area (Å²) in [6.45, 7) is 0.767. The Kier molecular flexibility index (Phi) is 8.23. The van der Waals surface area contributed by atoms with Crippen LogP contribution in [0.2, 0.25) is 5.02 Å². The van der Waals surface area contributed by atoms with Crippen LogP contribution in [0, 0.1) is 0 Å². The van der Waals surface area contributed by atoms with Gasteiger partial charge in [-0.3, -0.25) is 0 Å². The van der Waals surface area contributed by atoms with E-state index >= 15 is 0 Å². The van der Waals surface area contributed by atoms with Gasteiger partial charge in [0.1, 0.15) is 35.2 Å². The molecule has 2 aromatic carbocycles. The first-order valence-corrected chi connectivity index (χ1v) is 13.8. The minimum absolute atomic E-state index is 0.0543. The molecule has 5 rings (SSSR count). The number of anilines is 2. The van der Waals surface area contributed by atoms with Crippen molar-refractivity contribution in [2.24, 2.45) is 0 Å². The highest BCUT2D eigenvalue weighted by atomic mass is 35.5. The van der Waals surface area contributed by atoms with Crippen molar-refractivity contribution >= 4 is 44.1 Å². The smallest absolute Gasteiger partial charge is 0.250 e. The molecule has 0 aliphatic heterocycles. The molecular formula is C28H29ClF2N4O3S. The maximum atomic E-state index is 13.8. The summed E-state index contributed by atoms with van der Waals surface area (Å²) in [6.07, 6.45) is 2.63. The van der Waals surface area contributed by atoms with Gasteiger partial charge in [-0.15, -0.1) is 0 Å². The number of nitrogens with one attached hydrogen (secondary N) is 2. The number of pyridine rings is 1. The number of thiazole rings is 1. The second-order valence-electron chi connectivity index (χ2n) is 9.41. The fourth-order valence-corrected chi connectivity index (χ4v) is 5.78. The van der Waals surface area contributed by atoms with Crippen LogP contribution in [0.25, 0.3) is 10.2 Å². The van der Waals surface area contributed by atoms with Gasteiger partial charge in [0.05, 0.1) is 23.9 Å². The van der Waals surface area contributed by atoms with Crippen LogP contribution >= 0.6 is 22.9 Å². The number of nitrogens with zero attached hydrogens (tertiary/aromatic N) is 2. The highest BCUT2D eigenvalue weighted by Crippen LogP contribution is 2.39. The lowest BCUT2D eigenvalue weighted by Gasteiger charge is -2.29. The molecule has 1 atom stereocenters. The lowest BCUT2D eigenvalue weighted by Crippen LogP contribution is -2.34. The van der Waals surface area contributed by atoms with Crippen LogP contribution in [0.3, 0.4) is 0 Å². The molecule has 0 radical (unpaired) electrons. The van der Waals surface area contributed by atoms with Crippen LogP contribution in [0.1, 0.15) is 36.8 Å². The van der Waals surface area contributed by atoms with Gasteiger partial charge in [-0.1, -0.05) is 35.1 Å². The van der Waals surface area contributed by atoms with Crippen molar-refractivity contribution in [1.29, 1.82) is 0 Å². The Labute approximate surface area is 234 Å². The minimum Gasteiger partial charge on any atom is -0.497 e. The number of hydrogen-bond donors (Lipinski definition) is 2. The van der Waals surface area contributed by atoms with Crippen molar-refractivity contribution in [3.8, 4) is 17.2 Å². The van der Waals surface area contributed by atoms with E-state index in [0.29, 0.717) is 52.4 Å². The van der Waals surface area contributed by atoms with Crippen molar-refractivity contribution in [2.75, 3.05) is 24.9 Å². The molecule has 1 aliphatic rings. The van der Waals surface area contributed by atoms with Gasteiger partial charge >= 0.3 is 0 Å². The molecule has 1 aliphatic carbocycles. The number of ether oxygens (including phenoxy) is 3. The zero-order valence-corrected chi connectivity index (χ0v) is 23.2. The number of hydrogen-bond acceptors (Lipinski definition) is 8. The Morgan fingerprint density at radius 3 is 2.67 bits per heavy atom. The van der Waals surface area contributed by atoms with E-state index in [1.54, 1.807) is 26.5 Å². The van der Waals surface area contributed by atoms with Crippen molar-refractivity contribution in [3.63, 3.8) is 0 Å². The number of alkyl halides is 2. The van der Waals surface area contributed by atoms with Crippen molar-refractivity contribution in [2.45, 2.75) is 50.8 Å². The van der Waals surface area contributed by atoms with Crippen LogP contribution < -0.4 is 24.8 Å². The van der Waals surface area contributed by atoms with Gasteiger partial charge in [0.2, 0.25) is 5.92 Å². The highest BCUT2D eigenvalue weighted by Gasteiger charge is 2.36. The van der Waals surface area contributed by atoms with E-state index < -0.39 is 5.92 Å². The van der Waals surface area contributed by atoms with Gasteiger partial charge < -0.3 is 24.8 Å². The molecule has 2 aromatic heterocycles. The lowest BCUT2D eigenvalue weighted by molar-refractivity contribution is -0.0373. The lowest BCUT2D eigenvalue weighted by atomic mass is 9.92. The molecule has 0 bridgehead atoms. The van der Waals surface area contributed by atoms with Crippen LogP contribution in [0.5, 0.6) is 17.2 Å². The highest BCUT2D eigenvalue weighted by molar-refractivity contribution is 7.22. The topological polar surface area (TPSA) is 77.5 Å². The molecule has 2 heterocycles. The Morgan fingerprint density at radius 1 is 1.10 bits per heavy atom. The molecule has 0 saturated heterocycles. The summed E-state index contributed by atoms with van der Waals surface area (Å²) in [6, 6.07) is 12.9. The summed E-state index contributed by atoms with van der Waals surface area (Å²) in [5, 5.41) is 7.53. The Morgan fingerprint density at radius 2 is 1.92 bits per heavy atom. The average molecular weight is 575 g/mol. The molecule has 1 saturated carbocycles.